The molecule has 0 spiro atoms. The van der Waals surface area contributed by atoms with Gasteiger partial charge in [-0.05, 0) is 46.3 Å². The van der Waals surface area contributed by atoms with E-state index in [2.05, 4.69) is 31.9 Å². The molecule has 0 bridgehead atoms. The monoisotopic (exact) mass is 437 g/mol. The van der Waals surface area contributed by atoms with E-state index in [0.29, 0.717) is 15.8 Å². The van der Waals surface area contributed by atoms with Gasteiger partial charge >= 0.3 is 0 Å². The standard InChI is InChI=1S/C14H11Br2ClFNS/c15-8-1-3-9(4-2-8)20-7-12(19)10-5-6-11(16)13(17)14(10)18/h1-6,12H,7,19H2. The van der Waals surface area contributed by atoms with E-state index in [9.17, 15) is 4.39 Å². The predicted octanol–water partition coefficient (Wildman–Crippen LogP) is 5.80. The van der Waals surface area contributed by atoms with Gasteiger partial charge in [-0.1, -0.05) is 33.6 Å². The summed E-state index contributed by atoms with van der Waals surface area (Å²) in [5.41, 5.74) is 6.48. The fraction of sp³-hybridized carbons (Fsp3) is 0.143. The van der Waals surface area contributed by atoms with Gasteiger partial charge in [-0.2, -0.15) is 0 Å². The molecule has 2 rings (SSSR count). The van der Waals surface area contributed by atoms with Gasteiger partial charge in [0.1, 0.15) is 5.82 Å². The second kappa shape index (κ2) is 7.27. The van der Waals surface area contributed by atoms with Gasteiger partial charge in [0.2, 0.25) is 0 Å². The maximum absolute atomic E-state index is 14.0. The van der Waals surface area contributed by atoms with Crippen LogP contribution in [-0.4, -0.2) is 5.75 Å². The van der Waals surface area contributed by atoms with Crippen molar-refractivity contribution in [3.63, 3.8) is 0 Å². The van der Waals surface area contributed by atoms with Crippen LogP contribution in [0, 0.1) is 5.82 Å². The Morgan fingerprint density at radius 2 is 1.80 bits per heavy atom. The lowest BCUT2D eigenvalue weighted by Crippen LogP contribution is -2.15. The van der Waals surface area contributed by atoms with E-state index in [4.69, 9.17) is 17.3 Å². The first-order valence-corrected chi connectivity index (χ1v) is 8.71. The van der Waals surface area contributed by atoms with Crippen molar-refractivity contribution >= 4 is 55.2 Å². The minimum Gasteiger partial charge on any atom is -0.323 e. The summed E-state index contributed by atoms with van der Waals surface area (Å²) in [6.07, 6.45) is 0. The summed E-state index contributed by atoms with van der Waals surface area (Å²) in [6.45, 7) is 0. The zero-order chi connectivity index (χ0) is 14.7. The SMILES string of the molecule is NC(CSc1ccc(Br)cc1)c1ccc(Br)c(Cl)c1F. The molecule has 0 saturated carbocycles. The van der Waals surface area contributed by atoms with Crippen LogP contribution in [0.2, 0.25) is 5.02 Å². The van der Waals surface area contributed by atoms with E-state index in [-0.39, 0.29) is 5.02 Å². The van der Waals surface area contributed by atoms with Crippen molar-refractivity contribution < 1.29 is 4.39 Å². The van der Waals surface area contributed by atoms with Gasteiger partial charge in [-0.3, -0.25) is 0 Å². The first kappa shape index (κ1) is 16.3. The maximum Gasteiger partial charge on any atom is 0.147 e. The molecule has 0 aliphatic rings. The van der Waals surface area contributed by atoms with Crippen LogP contribution >= 0.6 is 55.2 Å². The zero-order valence-corrected chi connectivity index (χ0v) is 15.0. The Morgan fingerprint density at radius 3 is 2.45 bits per heavy atom. The zero-order valence-electron chi connectivity index (χ0n) is 10.2. The Morgan fingerprint density at radius 1 is 1.15 bits per heavy atom. The number of hydrogen-bond donors (Lipinski definition) is 1. The summed E-state index contributed by atoms with van der Waals surface area (Å²) >= 11 is 14.0. The van der Waals surface area contributed by atoms with Crippen molar-refractivity contribution in [2.75, 3.05) is 5.75 Å². The highest BCUT2D eigenvalue weighted by Gasteiger charge is 2.16. The van der Waals surface area contributed by atoms with E-state index < -0.39 is 11.9 Å². The van der Waals surface area contributed by atoms with E-state index in [1.807, 2.05) is 24.3 Å². The summed E-state index contributed by atoms with van der Waals surface area (Å²) in [6, 6.07) is 10.9. The van der Waals surface area contributed by atoms with Crippen molar-refractivity contribution in [2.24, 2.45) is 5.73 Å². The number of thioether (sulfide) groups is 1. The average Bonchev–Trinajstić information content (AvgIpc) is 2.44. The largest absolute Gasteiger partial charge is 0.323 e. The van der Waals surface area contributed by atoms with Crippen molar-refractivity contribution in [3.8, 4) is 0 Å². The van der Waals surface area contributed by atoms with Gasteiger partial charge in [0.25, 0.3) is 0 Å². The number of halogens is 4. The first-order chi connectivity index (χ1) is 9.49. The summed E-state index contributed by atoms with van der Waals surface area (Å²) in [5, 5.41) is 0.0755. The van der Waals surface area contributed by atoms with Gasteiger partial charge in [-0.25, -0.2) is 4.39 Å². The average molecular weight is 440 g/mol. The molecule has 2 aromatic rings. The molecular weight excluding hydrogens is 428 g/mol. The Labute approximate surface area is 143 Å². The molecule has 6 heteroatoms. The van der Waals surface area contributed by atoms with Gasteiger partial charge in [0.15, 0.2) is 0 Å². The van der Waals surface area contributed by atoms with Crippen LogP contribution in [0.25, 0.3) is 0 Å². The van der Waals surface area contributed by atoms with E-state index >= 15 is 0 Å². The van der Waals surface area contributed by atoms with Crippen LogP contribution in [0.5, 0.6) is 0 Å². The maximum atomic E-state index is 14.0. The molecule has 2 N–H and O–H groups in total. The lowest BCUT2D eigenvalue weighted by molar-refractivity contribution is 0.595. The van der Waals surface area contributed by atoms with Crippen LogP contribution < -0.4 is 5.73 Å². The topological polar surface area (TPSA) is 26.0 Å². The molecule has 1 atom stereocenters. The summed E-state index contributed by atoms with van der Waals surface area (Å²) in [5.74, 6) is 0.126. The lowest BCUT2D eigenvalue weighted by Gasteiger charge is -2.14. The van der Waals surface area contributed by atoms with Gasteiger partial charge in [-0.15, -0.1) is 11.8 Å². The van der Waals surface area contributed by atoms with Crippen molar-refractivity contribution in [3.05, 3.63) is 61.7 Å². The van der Waals surface area contributed by atoms with Crippen LogP contribution in [0.3, 0.4) is 0 Å². The molecule has 0 saturated heterocycles. The lowest BCUT2D eigenvalue weighted by atomic mass is 10.1. The summed E-state index contributed by atoms with van der Waals surface area (Å²) in [4.78, 5) is 1.09. The molecule has 0 fully saturated rings. The Bertz CT molecular complexity index is 607. The van der Waals surface area contributed by atoms with Crippen molar-refractivity contribution in [1.29, 1.82) is 0 Å². The minimum atomic E-state index is -0.454. The molecule has 0 amide bonds. The predicted molar refractivity (Wildman–Crippen MR) is 90.9 cm³/mol. The second-order valence-electron chi connectivity index (χ2n) is 4.14. The molecule has 2 aromatic carbocycles. The van der Waals surface area contributed by atoms with Crippen molar-refractivity contribution in [1.82, 2.24) is 0 Å². The highest BCUT2D eigenvalue weighted by Crippen LogP contribution is 2.32. The molecule has 1 nitrogen and oxygen atoms in total. The number of nitrogens with two attached hydrogens (primary N) is 1. The molecule has 20 heavy (non-hydrogen) atoms. The molecule has 0 aliphatic heterocycles. The Hall–Kier alpha value is -0.0700. The third-order valence-electron chi connectivity index (χ3n) is 2.71. The molecular formula is C14H11Br2ClFNS. The third-order valence-corrected chi connectivity index (χ3v) is 5.63. The fourth-order valence-electron chi connectivity index (χ4n) is 1.63. The van der Waals surface area contributed by atoms with Crippen LogP contribution in [0.1, 0.15) is 11.6 Å². The van der Waals surface area contributed by atoms with E-state index in [0.717, 1.165) is 9.37 Å². The fourth-order valence-corrected chi connectivity index (χ4v) is 3.26. The highest BCUT2D eigenvalue weighted by molar-refractivity contribution is 9.10. The summed E-state index contributed by atoms with van der Waals surface area (Å²) in [7, 11) is 0. The number of rotatable bonds is 4. The van der Waals surface area contributed by atoms with E-state index in [1.165, 1.54) is 0 Å². The molecule has 1 unspecified atom stereocenters. The normalized spacial score (nSPS) is 12.4. The van der Waals surface area contributed by atoms with Crippen LogP contribution in [0.4, 0.5) is 4.39 Å². The smallest absolute Gasteiger partial charge is 0.147 e. The van der Waals surface area contributed by atoms with Gasteiger partial charge < -0.3 is 5.73 Å². The van der Waals surface area contributed by atoms with Crippen LogP contribution in [-0.2, 0) is 0 Å². The van der Waals surface area contributed by atoms with E-state index in [1.54, 1.807) is 23.9 Å². The first-order valence-electron chi connectivity index (χ1n) is 5.76. The number of benzene rings is 2. The number of hydrogen-bond acceptors (Lipinski definition) is 2. The molecule has 106 valence electrons. The van der Waals surface area contributed by atoms with Gasteiger partial charge in [0.05, 0.1) is 5.02 Å². The third kappa shape index (κ3) is 3.98. The Kier molecular flexibility index (Phi) is 5.93. The summed E-state index contributed by atoms with van der Waals surface area (Å²) < 4.78 is 15.6. The van der Waals surface area contributed by atoms with Gasteiger partial charge in [0, 0.05) is 31.2 Å². The highest BCUT2D eigenvalue weighted by atomic mass is 79.9. The molecule has 0 radical (unpaired) electrons. The quantitative estimate of drug-likeness (QED) is 0.482. The van der Waals surface area contributed by atoms with Crippen molar-refractivity contribution in [2.45, 2.75) is 10.9 Å². The minimum absolute atomic E-state index is 0.0755. The second-order valence-corrected chi connectivity index (χ2v) is 7.38. The van der Waals surface area contributed by atoms with Crippen LogP contribution in [0.15, 0.2) is 50.2 Å². The Balaban J connectivity index is 2.07. The molecule has 0 aliphatic carbocycles. The molecule has 0 heterocycles. The molecule has 0 aromatic heterocycles.